The van der Waals surface area contributed by atoms with Crippen molar-refractivity contribution in [3.05, 3.63) is 255 Å². The molecule has 0 saturated heterocycles. The van der Waals surface area contributed by atoms with E-state index in [9.17, 15) is 0 Å². The summed E-state index contributed by atoms with van der Waals surface area (Å²) in [6, 6.07) is 89.3. The predicted octanol–water partition coefficient (Wildman–Crippen LogP) is 18.4. The molecule has 6 nitrogen and oxygen atoms in total. The maximum atomic E-state index is 6.69. The summed E-state index contributed by atoms with van der Waals surface area (Å²) in [5, 5.41) is 6.48. The van der Waals surface area contributed by atoms with E-state index in [1.165, 1.54) is 21.9 Å². The lowest BCUT2D eigenvalue weighted by atomic mass is 9.95. The Morgan fingerprint density at radius 1 is 0.253 bits per heavy atom. The van der Waals surface area contributed by atoms with Gasteiger partial charge >= 0.3 is 0 Å². The molecule has 0 aliphatic carbocycles. The maximum absolute atomic E-state index is 6.69. The molecule has 15 rings (SSSR count). The van der Waals surface area contributed by atoms with Crippen molar-refractivity contribution in [2.24, 2.45) is 0 Å². The lowest BCUT2D eigenvalue weighted by Gasteiger charge is -2.12. The summed E-state index contributed by atoms with van der Waals surface area (Å²) in [5.41, 5.74) is 18.1. The predicted molar refractivity (Wildman–Crippen MR) is 307 cm³/mol. The van der Waals surface area contributed by atoms with Gasteiger partial charge in [-0.25, -0.2) is 15.0 Å². The molecule has 6 heteroatoms. The number of rotatable bonds is 8. The number of para-hydroxylation sites is 2. The summed E-state index contributed by atoms with van der Waals surface area (Å²) >= 11 is 0. The van der Waals surface area contributed by atoms with Gasteiger partial charge in [0.15, 0.2) is 17.5 Å². The molecule has 0 bridgehead atoms. The third-order valence-corrected chi connectivity index (χ3v) is 14.7. The highest BCUT2D eigenvalue weighted by Crippen LogP contribution is 2.43. The Bertz CT molecular complexity index is 4690. The lowest BCUT2D eigenvalue weighted by Crippen LogP contribution is -2.00. The van der Waals surface area contributed by atoms with E-state index in [1.807, 2.05) is 48.5 Å². The lowest BCUT2D eigenvalue weighted by molar-refractivity contribution is 0.668. The third-order valence-electron chi connectivity index (χ3n) is 14.7. The van der Waals surface area contributed by atoms with Gasteiger partial charge < -0.3 is 13.4 Å². The minimum absolute atomic E-state index is 0.563. The van der Waals surface area contributed by atoms with Gasteiger partial charge in [-0.15, -0.1) is 0 Å². The van der Waals surface area contributed by atoms with Gasteiger partial charge in [0.05, 0.1) is 22.1 Å². The van der Waals surface area contributed by atoms with E-state index in [0.29, 0.717) is 17.5 Å². The monoisotopic (exact) mass is 958 g/mol. The van der Waals surface area contributed by atoms with Crippen molar-refractivity contribution >= 4 is 65.7 Å². The quantitative estimate of drug-likeness (QED) is 0.152. The number of hydrogen-bond acceptors (Lipinski definition) is 5. The van der Waals surface area contributed by atoms with E-state index in [0.717, 1.165) is 111 Å². The molecule has 0 unspecified atom stereocenters. The van der Waals surface area contributed by atoms with Crippen LogP contribution in [0, 0.1) is 0 Å². The summed E-state index contributed by atoms with van der Waals surface area (Å²) in [6.45, 7) is 0. The first-order valence-electron chi connectivity index (χ1n) is 25.2. The Hall–Kier alpha value is -10.2. The second kappa shape index (κ2) is 17.3. The van der Waals surface area contributed by atoms with Crippen LogP contribution in [0.4, 0.5) is 0 Å². The largest absolute Gasteiger partial charge is 0.456 e. The van der Waals surface area contributed by atoms with Crippen LogP contribution in [0.1, 0.15) is 0 Å². The molecule has 350 valence electrons. The smallest absolute Gasteiger partial charge is 0.164 e. The first-order valence-corrected chi connectivity index (χ1v) is 25.2. The van der Waals surface area contributed by atoms with Crippen molar-refractivity contribution in [3.63, 3.8) is 0 Å². The molecule has 4 aromatic heterocycles. The topological polar surface area (TPSA) is 69.9 Å². The van der Waals surface area contributed by atoms with Gasteiger partial charge in [-0.2, -0.15) is 0 Å². The van der Waals surface area contributed by atoms with E-state index in [-0.39, 0.29) is 0 Å². The molecule has 0 amide bonds. The Labute approximate surface area is 431 Å². The van der Waals surface area contributed by atoms with Crippen LogP contribution >= 0.6 is 0 Å². The number of nitrogens with zero attached hydrogens (tertiary/aromatic N) is 4. The van der Waals surface area contributed by atoms with Crippen LogP contribution in [0.25, 0.3) is 150 Å². The van der Waals surface area contributed by atoms with Crippen molar-refractivity contribution in [2.75, 3.05) is 0 Å². The maximum Gasteiger partial charge on any atom is 0.164 e. The van der Waals surface area contributed by atoms with Crippen LogP contribution in [0.3, 0.4) is 0 Å². The zero-order valence-corrected chi connectivity index (χ0v) is 40.4. The molecule has 75 heavy (non-hydrogen) atoms. The molecular weight excluding hydrogens is 917 g/mol. The minimum atomic E-state index is 0.563. The summed E-state index contributed by atoms with van der Waals surface area (Å²) in [4.78, 5) is 15.6. The average molecular weight is 959 g/mol. The molecule has 15 aromatic rings. The zero-order chi connectivity index (χ0) is 49.4. The summed E-state index contributed by atoms with van der Waals surface area (Å²) in [6.07, 6.45) is 0. The van der Waals surface area contributed by atoms with Crippen molar-refractivity contribution in [1.82, 2.24) is 19.5 Å². The second-order valence-electron chi connectivity index (χ2n) is 19.1. The first kappa shape index (κ1) is 42.5. The zero-order valence-electron chi connectivity index (χ0n) is 40.4. The van der Waals surface area contributed by atoms with Crippen LogP contribution in [-0.4, -0.2) is 19.5 Å². The summed E-state index contributed by atoms with van der Waals surface area (Å²) < 4.78 is 15.7. The molecule has 0 atom stereocenters. The van der Waals surface area contributed by atoms with Gasteiger partial charge in [-0.05, 0) is 111 Å². The fraction of sp³-hybridized carbons (Fsp3) is 0. The van der Waals surface area contributed by atoms with Crippen LogP contribution in [-0.2, 0) is 0 Å². The number of benzene rings is 11. The van der Waals surface area contributed by atoms with Gasteiger partial charge in [0, 0.05) is 43.6 Å². The summed E-state index contributed by atoms with van der Waals surface area (Å²) in [5.74, 6) is 1.75. The number of hydrogen-bond donors (Lipinski definition) is 0. The molecule has 0 aliphatic rings. The Balaban J connectivity index is 0.870. The van der Waals surface area contributed by atoms with Gasteiger partial charge in [0.2, 0.25) is 0 Å². The molecule has 0 N–H and O–H groups in total. The van der Waals surface area contributed by atoms with Crippen molar-refractivity contribution in [3.8, 4) is 84.4 Å². The Morgan fingerprint density at radius 3 is 1.51 bits per heavy atom. The Kier molecular flexibility index (Phi) is 9.78. The van der Waals surface area contributed by atoms with Gasteiger partial charge in [-0.3, -0.25) is 0 Å². The van der Waals surface area contributed by atoms with Gasteiger partial charge in [0.1, 0.15) is 22.3 Å². The van der Waals surface area contributed by atoms with Crippen LogP contribution in [0.15, 0.2) is 264 Å². The van der Waals surface area contributed by atoms with E-state index < -0.39 is 0 Å². The number of fused-ring (bicyclic) bond motifs is 9. The van der Waals surface area contributed by atoms with E-state index >= 15 is 0 Å². The molecular formula is C69H42N4O2. The molecule has 0 spiro atoms. The fourth-order valence-electron chi connectivity index (χ4n) is 11.1. The number of furan rings is 2. The van der Waals surface area contributed by atoms with E-state index in [1.54, 1.807) is 0 Å². The van der Waals surface area contributed by atoms with Crippen molar-refractivity contribution in [2.45, 2.75) is 0 Å². The molecule has 0 fully saturated rings. The van der Waals surface area contributed by atoms with E-state index in [2.05, 4.69) is 211 Å². The van der Waals surface area contributed by atoms with E-state index in [4.69, 9.17) is 23.8 Å². The highest BCUT2D eigenvalue weighted by atomic mass is 16.3. The van der Waals surface area contributed by atoms with Crippen molar-refractivity contribution in [1.29, 1.82) is 0 Å². The normalized spacial score (nSPS) is 11.7. The van der Waals surface area contributed by atoms with Crippen molar-refractivity contribution < 1.29 is 8.83 Å². The molecule has 0 radical (unpaired) electrons. The average Bonchev–Trinajstić information content (AvgIpc) is 4.17. The molecule has 0 saturated carbocycles. The van der Waals surface area contributed by atoms with Crippen LogP contribution in [0.2, 0.25) is 0 Å². The molecule has 0 aliphatic heterocycles. The Morgan fingerprint density at radius 2 is 0.733 bits per heavy atom. The second-order valence-corrected chi connectivity index (χ2v) is 19.1. The van der Waals surface area contributed by atoms with Gasteiger partial charge in [0.25, 0.3) is 0 Å². The highest BCUT2D eigenvalue weighted by Gasteiger charge is 2.22. The number of aromatic nitrogens is 4. The van der Waals surface area contributed by atoms with Gasteiger partial charge in [-0.1, -0.05) is 188 Å². The van der Waals surface area contributed by atoms with Crippen LogP contribution in [0.5, 0.6) is 0 Å². The minimum Gasteiger partial charge on any atom is -0.456 e. The highest BCUT2D eigenvalue weighted by molar-refractivity contribution is 6.16. The molecule has 4 heterocycles. The third kappa shape index (κ3) is 7.22. The summed E-state index contributed by atoms with van der Waals surface area (Å²) in [7, 11) is 0. The molecule has 11 aromatic carbocycles. The van der Waals surface area contributed by atoms with Crippen LogP contribution < -0.4 is 0 Å². The fourth-order valence-corrected chi connectivity index (χ4v) is 11.1. The SMILES string of the molecule is c1ccc(-c2ccc(-c3nc(-c4ccccc4)nc(-c4cc(-c5cccc(-c6ccc7oc8cccc(-n9c%10ccccc%10c%10cc(-c%11ccccc%11)ccc%109)c8c7c6)c5)cc5oc6ccccc6c45)n3)cc2)cc1. The standard InChI is InChI=1S/C69H42N4O2/c1-4-16-43(17-5-1)45-30-32-47(33-31-45)68-70-67(46-20-8-3-9-21-46)71-69(72-68)57-41-52(42-64-65(57)54-25-11-13-28-61(54)75-64)49-23-14-22-48(38-49)51-35-37-62-56(40-51)66-60(27-15-29-63(66)74-62)73-58-26-12-10-24-53(58)55-39-50(34-36-59(55)73)44-18-6-2-7-19-44/h1-42H. The first-order chi connectivity index (χ1) is 37.1.